The molecule has 1 aromatic heterocycles. The molecule has 0 saturated carbocycles. The third-order valence-electron chi connectivity index (χ3n) is 10.5. The fraction of sp³-hybridized carbons (Fsp3) is 0.0213. The van der Waals surface area contributed by atoms with Gasteiger partial charge in [0.2, 0.25) is 0 Å². The van der Waals surface area contributed by atoms with Gasteiger partial charge >= 0.3 is 0 Å². The van der Waals surface area contributed by atoms with Gasteiger partial charge in [-0.3, -0.25) is 10.3 Å². The van der Waals surface area contributed by atoms with Crippen LogP contribution in [0, 0.1) is 5.41 Å². The summed E-state index contributed by atoms with van der Waals surface area (Å²) in [5.74, 6) is 0.681. The number of hydrazone groups is 1. The zero-order valence-corrected chi connectivity index (χ0v) is 28.8. The quantitative estimate of drug-likeness (QED) is 0.140. The van der Waals surface area contributed by atoms with Gasteiger partial charge in [0.25, 0.3) is 0 Å². The average Bonchev–Trinajstić information content (AvgIpc) is 3.67. The van der Waals surface area contributed by atoms with Crippen LogP contribution in [0.2, 0.25) is 0 Å². The molecular weight excluding hydrogens is 649 g/mol. The molecule has 7 aromatic carbocycles. The van der Waals surface area contributed by atoms with Crippen LogP contribution in [-0.2, 0) is 0 Å². The van der Waals surface area contributed by atoms with E-state index in [1.54, 1.807) is 0 Å². The van der Waals surface area contributed by atoms with Crippen LogP contribution in [-0.4, -0.2) is 16.2 Å². The third-order valence-corrected chi connectivity index (χ3v) is 10.5. The second-order valence-corrected chi connectivity index (χ2v) is 13.5. The molecule has 0 bridgehead atoms. The van der Waals surface area contributed by atoms with Crippen molar-refractivity contribution in [2.24, 2.45) is 10.8 Å². The van der Waals surface area contributed by atoms with Gasteiger partial charge in [0, 0.05) is 39.0 Å². The monoisotopic (exact) mass is 682 g/mol. The number of nitrogens with one attached hydrogen (secondary N) is 1. The summed E-state index contributed by atoms with van der Waals surface area (Å²) in [6.07, 6.45) is 0. The minimum atomic E-state index is -0.251. The number of nitrogens with zero attached hydrogens (tertiary/aromatic N) is 4. The van der Waals surface area contributed by atoms with Crippen LogP contribution >= 0.6 is 0 Å². The average molecular weight is 683 g/mol. The van der Waals surface area contributed by atoms with Crippen LogP contribution in [0.1, 0.15) is 28.2 Å². The summed E-state index contributed by atoms with van der Waals surface area (Å²) in [6, 6.07) is 59.0. The molecule has 0 saturated heterocycles. The molecule has 6 nitrogen and oxygen atoms in total. The van der Waals surface area contributed by atoms with Crippen LogP contribution in [0.5, 0.6) is 0 Å². The highest BCUT2D eigenvalue weighted by molar-refractivity contribution is 6.21. The lowest BCUT2D eigenvalue weighted by molar-refractivity contribution is 1.08. The third kappa shape index (κ3) is 4.73. The number of hydrogen-bond acceptors (Lipinski definition) is 4. The van der Waals surface area contributed by atoms with Crippen molar-refractivity contribution in [2.75, 3.05) is 9.91 Å². The second kappa shape index (κ2) is 12.0. The van der Waals surface area contributed by atoms with E-state index in [4.69, 9.17) is 22.8 Å². The van der Waals surface area contributed by atoms with Gasteiger partial charge in [-0.2, -0.15) is 0 Å². The lowest BCUT2D eigenvalue weighted by atomic mass is 9.96. The van der Waals surface area contributed by atoms with Crippen LogP contribution in [0.15, 0.2) is 182 Å². The van der Waals surface area contributed by atoms with Gasteiger partial charge in [0.05, 0.1) is 28.3 Å². The van der Waals surface area contributed by atoms with E-state index in [0.717, 1.165) is 89.5 Å². The highest BCUT2D eigenvalue weighted by Gasteiger charge is 2.33. The van der Waals surface area contributed by atoms with E-state index in [1.165, 1.54) is 0 Å². The minimum absolute atomic E-state index is 0.157. The Bertz CT molecular complexity index is 2780. The largest absolute Gasteiger partial charge is 0.387 e. The molecule has 10 rings (SSSR count). The van der Waals surface area contributed by atoms with E-state index in [2.05, 4.69) is 136 Å². The van der Waals surface area contributed by atoms with Crippen molar-refractivity contribution < 1.29 is 0 Å². The van der Waals surface area contributed by atoms with E-state index in [1.807, 2.05) is 48.5 Å². The molecule has 2 heterocycles. The molecule has 0 spiro atoms. The van der Waals surface area contributed by atoms with Crippen molar-refractivity contribution >= 4 is 56.2 Å². The summed E-state index contributed by atoms with van der Waals surface area (Å²) < 4.78 is 2.35. The lowest BCUT2D eigenvalue weighted by Gasteiger charge is -2.27. The maximum atomic E-state index is 8.46. The maximum Gasteiger partial charge on any atom is 0.165 e. The summed E-state index contributed by atoms with van der Waals surface area (Å²) in [5.41, 5.74) is 19.4. The second-order valence-electron chi connectivity index (χ2n) is 13.5. The van der Waals surface area contributed by atoms with E-state index < -0.39 is 0 Å². The van der Waals surface area contributed by atoms with Crippen molar-refractivity contribution in [1.29, 1.82) is 5.41 Å². The summed E-state index contributed by atoms with van der Waals surface area (Å²) in [5, 5.41) is 18.3. The zero-order valence-electron chi connectivity index (χ0n) is 28.8. The number of fused-ring (bicyclic) bond motifs is 7. The van der Waals surface area contributed by atoms with Crippen LogP contribution in [0.4, 0.5) is 17.1 Å². The first-order valence-electron chi connectivity index (χ1n) is 17.8. The number of aromatic nitrogens is 1. The maximum absolute atomic E-state index is 8.46. The topological polar surface area (TPSA) is 73.6 Å². The number of benzene rings is 7. The lowest BCUT2D eigenvalue weighted by Crippen LogP contribution is -2.30. The van der Waals surface area contributed by atoms with E-state index in [0.29, 0.717) is 0 Å². The Morgan fingerprint density at radius 3 is 1.96 bits per heavy atom. The summed E-state index contributed by atoms with van der Waals surface area (Å²) in [7, 11) is 0. The smallest absolute Gasteiger partial charge is 0.165 e. The van der Waals surface area contributed by atoms with Gasteiger partial charge in [-0.1, -0.05) is 122 Å². The zero-order chi connectivity index (χ0) is 35.6. The molecule has 6 heteroatoms. The molecule has 3 N–H and O–H groups in total. The molecule has 0 fully saturated rings. The number of nitrogens with two attached hydrogens (primary N) is 1. The van der Waals surface area contributed by atoms with E-state index >= 15 is 0 Å². The van der Waals surface area contributed by atoms with Gasteiger partial charge in [0.1, 0.15) is 5.84 Å². The van der Waals surface area contributed by atoms with Crippen LogP contribution < -0.4 is 15.6 Å². The number of hydrogen-bond donors (Lipinski definition) is 2. The van der Waals surface area contributed by atoms with Gasteiger partial charge in [-0.25, -0.2) is 5.01 Å². The Kier molecular flexibility index (Phi) is 6.91. The highest BCUT2D eigenvalue weighted by Crippen LogP contribution is 2.48. The fourth-order valence-electron chi connectivity index (χ4n) is 8.19. The predicted octanol–water partition coefficient (Wildman–Crippen LogP) is 10.8. The highest BCUT2D eigenvalue weighted by atomic mass is 15.5. The van der Waals surface area contributed by atoms with Gasteiger partial charge in [0.15, 0.2) is 5.84 Å². The minimum Gasteiger partial charge on any atom is -0.387 e. The van der Waals surface area contributed by atoms with E-state index in [9.17, 15) is 0 Å². The summed E-state index contributed by atoms with van der Waals surface area (Å²) >= 11 is 0. The molecular formula is C47H34N6. The number of rotatable bonds is 5. The van der Waals surface area contributed by atoms with E-state index in [-0.39, 0.29) is 11.8 Å². The van der Waals surface area contributed by atoms with Crippen molar-refractivity contribution in [3.05, 3.63) is 199 Å². The Morgan fingerprint density at radius 1 is 0.566 bits per heavy atom. The Morgan fingerprint density at radius 2 is 1.21 bits per heavy atom. The van der Waals surface area contributed by atoms with Crippen molar-refractivity contribution in [2.45, 2.75) is 5.92 Å². The standard InChI is InChI=1S/C47H34N6/c1-30-39-28-41-36-22-13-14-24-42(36)52(34-25-26-38-40(27-34)35-21-11-12-23-37(35)45(38)46(48)49)43(41)29-44(39)53(33-19-9-4-10-20-33)50-47(31-15-5-2-6-16-31)51(30)32-17-7-3-8-18-32/h2-29,45H,1H2,(H3,48,49). The number of para-hydroxylation sites is 3. The van der Waals surface area contributed by atoms with Gasteiger partial charge in [-0.05, 0) is 76.9 Å². The van der Waals surface area contributed by atoms with Crippen molar-refractivity contribution in [1.82, 2.24) is 4.57 Å². The first-order valence-corrected chi connectivity index (χ1v) is 17.8. The van der Waals surface area contributed by atoms with Crippen molar-refractivity contribution in [3.63, 3.8) is 0 Å². The number of amidine groups is 2. The summed E-state index contributed by atoms with van der Waals surface area (Å²) in [6.45, 7) is 4.80. The normalized spacial score (nSPS) is 14.8. The molecule has 0 amide bonds. The summed E-state index contributed by atoms with van der Waals surface area (Å²) in [4.78, 5) is 2.17. The Labute approximate surface area is 307 Å². The van der Waals surface area contributed by atoms with Crippen LogP contribution in [0.25, 0.3) is 44.3 Å². The van der Waals surface area contributed by atoms with Gasteiger partial charge in [-0.15, -0.1) is 5.10 Å². The molecule has 1 aliphatic carbocycles. The Balaban J connectivity index is 1.27. The first-order chi connectivity index (χ1) is 26.1. The SMILES string of the molecule is C=C1c2cc3c4ccccc4n(-c4ccc5c(c4)-c4ccccc4C5C(=N)N)c3cc2N(c2ccccc2)N=C(c2ccccc2)N1c1ccccc1. The fourth-order valence-corrected chi connectivity index (χ4v) is 8.19. The molecule has 8 aromatic rings. The molecule has 1 unspecified atom stereocenters. The molecule has 53 heavy (non-hydrogen) atoms. The molecule has 2 aliphatic rings. The Hall–Kier alpha value is -7.18. The first kappa shape index (κ1) is 30.6. The molecule has 1 atom stereocenters. The predicted molar refractivity (Wildman–Crippen MR) is 219 cm³/mol. The molecule has 1 aliphatic heterocycles. The molecule has 252 valence electrons. The molecule has 0 radical (unpaired) electrons. The van der Waals surface area contributed by atoms with Crippen molar-refractivity contribution in [3.8, 4) is 16.8 Å². The van der Waals surface area contributed by atoms with Crippen LogP contribution in [0.3, 0.4) is 0 Å². The number of anilines is 3. The van der Waals surface area contributed by atoms with Gasteiger partial charge < -0.3 is 10.3 Å².